The van der Waals surface area contributed by atoms with Crippen molar-refractivity contribution in [2.45, 2.75) is 4.90 Å². The minimum atomic E-state index is -0.228. The standard InChI is InChI=1S/C28H23NO3S/c30-27(23-13-11-22(12-14-23)21-7-3-1-4-8-21)20-33-26-17-15-24(16-18-26)29-28(31)19-32-25-9-5-2-6-10-25/h1-18H,19-20H2,(H,29,31). The van der Waals surface area contributed by atoms with E-state index in [9.17, 15) is 9.59 Å². The molecule has 0 aliphatic heterocycles. The van der Waals surface area contributed by atoms with Gasteiger partial charge in [-0.25, -0.2) is 0 Å². The van der Waals surface area contributed by atoms with Gasteiger partial charge in [0.05, 0.1) is 5.75 Å². The number of para-hydroxylation sites is 1. The Labute approximate surface area is 197 Å². The molecule has 4 nitrogen and oxygen atoms in total. The van der Waals surface area contributed by atoms with Crippen molar-refractivity contribution in [3.8, 4) is 16.9 Å². The second kappa shape index (κ2) is 11.2. The molecule has 0 spiro atoms. The number of anilines is 1. The first kappa shape index (κ1) is 22.4. The molecule has 4 aromatic rings. The highest BCUT2D eigenvalue weighted by molar-refractivity contribution is 8.00. The number of Topliss-reactive ketones (excluding diaryl/α,β-unsaturated/α-hetero) is 1. The van der Waals surface area contributed by atoms with Crippen LogP contribution in [-0.2, 0) is 4.79 Å². The number of nitrogens with one attached hydrogen (secondary N) is 1. The van der Waals surface area contributed by atoms with Gasteiger partial charge in [-0.3, -0.25) is 9.59 Å². The van der Waals surface area contributed by atoms with Crippen LogP contribution in [0, 0.1) is 0 Å². The maximum Gasteiger partial charge on any atom is 0.262 e. The first-order valence-electron chi connectivity index (χ1n) is 10.6. The van der Waals surface area contributed by atoms with Crippen LogP contribution in [0.4, 0.5) is 5.69 Å². The van der Waals surface area contributed by atoms with Crippen LogP contribution in [0.15, 0.2) is 114 Å². The lowest BCUT2D eigenvalue weighted by Crippen LogP contribution is -2.20. The predicted molar refractivity (Wildman–Crippen MR) is 134 cm³/mol. The quantitative estimate of drug-likeness (QED) is 0.237. The van der Waals surface area contributed by atoms with E-state index in [0.717, 1.165) is 16.0 Å². The van der Waals surface area contributed by atoms with Crippen molar-refractivity contribution in [3.63, 3.8) is 0 Å². The lowest BCUT2D eigenvalue weighted by atomic mass is 10.0. The van der Waals surface area contributed by atoms with Crippen LogP contribution in [0.2, 0.25) is 0 Å². The highest BCUT2D eigenvalue weighted by Crippen LogP contribution is 2.23. The lowest BCUT2D eigenvalue weighted by Gasteiger charge is -2.08. The zero-order valence-corrected chi connectivity index (χ0v) is 18.8. The first-order chi connectivity index (χ1) is 16.2. The van der Waals surface area contributed by atoms with Gasteiger partial charge in [-0.1, -0.05) is 72.8 Å². The van der Waals surface area contributed by atoms with Crippen LogP contribution in [0.3, 0.4) is 0 Å². The monoisotopic (exact) mass is 453 g/mol. The molecule has 164 valence electrons. The summed E-state index contributed by atoms with van der Waals surface area (Å²) in [6.07, 6.45) is 0. The molecule has 4 rings (SSSR count). The van der Waals surface area contributed by atoms with Crippen LogP contribution >= 0.6 is 11.8 Å². The Morgan fingerprint density at radius 1 is 0.697 bits per heavy atom. The Hall–Kier alpha value is -3.83. The third-order valence-corrected chi connectivity index (χ3v) is 5.95. The minimum absolute atomic E-state index is 0.0575. The molecule has 0 saturated heterocycles. The van der Waals surface area contributed by atoms with Crippen molar-refractivity contribution < 1.29 is 14.3 Å². The van der Waals surface area contributed by atoms with E-state index in [1.54, 1.807) is 12.1 Å². The molecule has 33 heavy (non-hydrogen) atoms. The smallest absolute Gasteiger partial charge is 0.262 e. The zero-order chi connectivity index (χ0) is 22.9. The van der Waals surface area contributed by atoms with Crippen LogP contribution in [0.5, 0.6) is 5.75 Å². The highest BCUT2D eigenvalue weighted by atomic mass is 32.2. The average molecular weight is 454 g/mol. The number of carbonyl (C=O) groups is 2. The Morgan fingerprint density at radius 2 is 1.30 bits per heavy atom. The fourth-order valence-corrected chi connectivity index (χ4v) is 4.00. The largest absolute Gasteiger partial charge is 0.484 e. The molecule has 1 N–H and O–H groups in total. The summed E-state index contributed by atoms with van der Waals surface area (Å²) in [7, 11) is 0. The number of hydrogen-bond donors (Lipinski definition) is 1. The van der Waals surface area contributed by atoms with E-state index >= 15 is 0 Å². The van der Waals surface area contributed by atoms with E-state index in [4.69, 9.17) is 4.74 Å². The van der Waals surface area contributed by atoms with Gasteiger partial charge in [0, 0.05) is 16.1 Å². The number of ketones is 1. The summed E-state index contributed by atoms with van der Waals surface area (Å²) in [5.74, 6) is 0.851. The van der Waals surface area contributed by atoms with E-state index in [2.05, 4.69) is 17.4 Å². The van der Waals surface area contributed by atoms with Gasteiger partial charge in [0.2, 0.25) is 0 Å². The zero-order valence-electron chi connectivity index (χ0n) is 17.9. The van der Waals surface area contributed by atoms with Gasteiger partial charge in [0.1, 0.15) is 5.75 Å². The van der Waals surface area contributed by atoms with E-state index in [1.807, 2.05) is 84.9 Å². The summed E-state index contributed by atoms with van der Waals surface area (Å²) in [5, 5.41) is 2.81. The van der Waals surface area contributed by atoms with Gasteiger partial charge in [0.15, 0.2) is 12.4 Å². The topological polar surface area (TPSA) is 55.4 Å². The summed E-state index contributed by atoms with van der Waals surface area (Å²) < 4.78 is 5.45. The van der Waals surface area contributed by atoms with Gasteiger partial charge in [-0.2, -0.15) is 0 Å². The maximum atomic E-state index is 12.6. The molecule has 4 aromatic carbocycles. The van der Waals surface area contributed by atoms with Gasteiger partial charge < -0.3 is 10.1 Å². The van der Waals surface area contributed by atoms with Crippen molar-refractivity contribution in [2.24, 2.45) is 0 Å². The Bertz CT molecular complexity index is 1190. The fraction of sp³-hybridized carbons (Fsp3) is 0.0714. The van der Waals surface area contributed by atoms with Crippen molar-refractivity contribution in [3.05, 3.63) is 115 Å². The normalized spacial score (nSPS) is 10.4. The van der Waals surface area contributed by atoms with Gasteiger partial charge in [0.25, 0.3) is 5.91 Å². The van der Waals surface area contributed by atoms with E-state index in [-0.39, 0.29) is 18.3 Å². The molecule has 0 bridgehead atoms. The summed E-state index contributed by atoms with van der Waals surface area (Å²) in [4.78, 5) is 25.6. The second-order valence-electron chi connectivity index (χ2n) is 7.33. The SMILES string of the molecule is O=C(COc1ccccc1)Nc1ccc(SCC(=O)c2ccc(-c3ccccc3)cc2)cc1. The number of benzene rings is 4. The van der Waals surface area contributed by atoms with Crippen molar-refractivity contribution in [2.75, 3.05) is 17.7 Å². The number of amides is 1. The van der Waals surface area contributed by atoms with Gasteiger partial charge >= 0.3 is 0 Å². The molecular formula is C28H23NO3S. The molecule has 0 saturated carbocycles. The molecule has 5 heteroatoms. The molecule has 0 fully saturated rings. The Morgan fingerprint density at radius 3 is 1.97 bits per heavy atom. The summed E-state index contributed by atoms with van der Waals surface area (Å²) in [6.45, 7) is -0.0575. The average Bonchev–Trinajstić information content (AvgIpc) is 2.88. The summed E-state index contributed by atoms with van der Waals surface area (Å²) in [6, 6.07) is 34.4. The molecule has 0 unspecified atom stereocenters. The van der Waals surface area contributed by atoms with E-state index in [1.165, 1.54) is 11.8 Å². The number of thioether (sulfide) groups is 1. The van der Waals surface area contributed by atoms with Crippen LogP contribution in [-0.4, -0.2) is 24.1 Å². The third-order valence-electron chi connectivity index (χ3n) is 4.94. The summed E-state index contributed by atoms with van der Waals surface area (Å²) >= 11 is 1.47. The molecule has 0 aliphatic carbocycles. The highest BCUT2D eigenvalue weighted by Gasteiger charge is 2.08. The van der Waals surface area contributed by atoms with Gasteiger partial charge in [-0.05, 0) is 47.5 Å². The van der Waals surface area contributed by atoms with E-state index in [0.29, 0.717) is 22.8 Å². The molecule has 0 aliphatic rings. The molecule has 1 amide bonds. The molecule has 0 aromatic heterocycles. The Balaban J connectivity index is 1.25. The van der Waals surface area contributed by atoms with Crippen LogP contribution in [0.1, 0.15) is 10.4 Å². The molecular weight excluding hydrogens is 430 g/mol. The van der Waals surface area contributed by atoms with Crippen molar-refractivity contribution in [1.29, 1.82) is 0 Å². The molecule has 0 heterocycles. The fourth-order valence-electron chi connectivity index (χ4n) is 3.21. The maximum absolute atomic E-state index is 12.6. The molecule has 0 atom stereocenters. The predicted octanol–water partition coefficient (Wildman–Crippen LogP) is 6.35. The Kier molecular flexibility index (Phi) is 7.56. The second-order valence-corrected chi connectivity index (χ2v) is 8.38. The lowest BCUT2D eigenvalue weighted by molar-refractivity contribution is -0.118. The van der Waals surface area contributed by atoms with Crippen LogP contribution < -0.4 is 10.1 Å². The van der Waals surface area contributed by atoms with Crippen molar-refractivity contribution >= 4 is 29.1 Å². The molecule has 0 radical (unpaired) electrons. The van der Waals surface area contributed by atoms with Crippen LogP contribution in [0.25, 0.3) is 11.1 Å². The number of carbonyl (C=O) groups excluding carboxylic acids is 2. The minimum Gasteiger partial charge on any atom is -0.484 e. The first-order valence-corrected chi connectivity index (χ1v) is 11.6. The summed E-state index contributed by atoms with van der Waals surface area (Å²) in [5.41, 5.74) is 3.60. The number of rotatable bonds is 9. The third kappa shape index (κ3) is 6.57. The number of hydrogen-bond acceptors (Lipinski definition) is 4. The van der Waals surface area contributed by atoms with Crippen molar-refractivity contribution in [1.82, 2.24) is 0 Å². The van der Waals surface area contributed by atoms with E-state index < -0.39 is 0 Å². The van der Waals surface area contributed by atoms with Gasteiger partial charge in [-0.15, -0.1) is 11.8 Å². The number of ether oxygens (including phenoxy) is 1.